The van der Waals surface area contributed by atoms with Gasteiger partial charge in [-0.2, -0.15) is 0 Å². The van der Waals surface area contributed by atoms with Crippen molar-refractivity contribution in [2.75, 3.05) is 7.11 Å². The second-order valence-corrected chi connectivity index (χ2v) is 6.48. The van der Waals surface area contributed by atoms with Crippen LogP contribution in [-0.4, -0.2) is 18.9 Å². The predicted molar refractivity (Wildman–Crippen MR) is 95.0 cm³/mol. The van der Waals surface area contributed by atoms with Gasteiger partial charge in [0, 0.05) is 17.4 Å². The fourth-order valence-corrected chi connectivity index (χ4v) is 3.32. The van der Waals surface area contributed by atoms with Crippen molar-refractivity contribution in [1.82, 2.24) is 10.6 Å². The first-order chi connectivity index (χ1) is 11.5. The second-order valence-electron chi connectivity index (χ2n) is 5.50. The van der Waals surface area contributed by atoms with Gasteiger partial charge in [-0.3, -0.25) is 9.59 Å². The summed E-state index contributed by atoms with van der Waals surface area (Å²) in [5.41, 5.74) is 0.917. The highest BCUT2D eigenvalue weighted by atomic mass is 32.1. The van der Waals surface area contributed by atoms with Crippen LogP contribution >= 0.6 is 11.3 Å². The number of amides is 2. The van der Waals surface area contributed by atoms with Gasteiger partial charge in [0.1, 0.15) is 5.75 Å². The number of methoxy groups -OCH3 is 1. The highest BCUT2D eigenvalue weighted by Gasteiger charge is 2.20. The van der Waals surface area contributed by atoms with E-state index in [4.69, 9.17) is 4.74 Å². The standard InChI is InChI=1S/C18H22N2O3S/c1-12(14-7-4-5-8-16(14)23-3)19-18(22)11-15(20-13(2)21)17-9-6-10-24-17/h4-10,12,15H,11H2,1-3H3,(H,19,22)(H,20,21)/t12-,15-/m0/s1. The van der Waals surface area contributed by atoms with Crippen molar-refractivity contribution in [2.24, 2.45) is 0 Å². The quantitative estimate of drug-likeness (QED) is 0.809. The van der Waals surface area contributed by atoms with Gasteiger partial charge in [0.15, 0.2) is 0 Å². The van der Waals surface area contributed by atoms with Gasteiger partial charge in [-0.1, -0.05) is 24.3 Å². The number of rotatable bonds is 7. The van der Waals surface area contributed by atoms with Crippen LogP contribution in [0.4, 0.5) is 0 Å². The molecule has 0 fully saturated rings. The van der Waals surface area contributed by atoms with Crippen molar-refractivity contribution < 1.29 is 14.3 Å². The van der Waals surface area contributed by atoms with Crippen LogP contribution in [0.15, 0.2) is 41.8 Å². The van der Waals surface area contributed by atoms with E-state index < -0.39 is 0 Å². The fourth-order valence-electron chi connectivity index (χ4n) is 2.55. The molecule has 1 aromatic carbocycles. The normalized spacial score (nSPS) is 13.0. The van der Waals surface area contributed by atoms with Crippen LogP contribution in [-0.2, 0) is 9.59 Å². The largest absolute Gasteiger partial charge is 0.496 e. The van der Waals surface area contributed by atoms with Crippen molar-refractivity contribution in [3.63, 3.8) is 0 Å². The Bertz CT molecular complexity index is 685. The molecule has 1 heterocycles. The third-order valence-electron chi connectivity index (χ3n) is 3.64. The maximum Gasteiger partial charge on any atom is 0.222 e. The minimum Gasteiger partial charge on any atom is -0.496 e. The molecule has 6 heteroatoms. The molecule has 0 aliphatic heterocycles. The number of para-hydroxylation sites is 1. The molecule has 5 nitrogen and oxygen atoms in total. The summed E-state index contributed by atoms with van der Waals surface area (Å²) in [7, 11) is 1.61. The first kappa shape index (κ1) is 18.0. The van der Waals surface area contributed by atoms with E-state index in [0.29, 0.717) is 0 Å². The number of hydrogen-bond donors (Lipinski definition) is 2. The molecule has 0 aliphatic rings. The van der Waals surface area contributed by atoms with Crippen LogP contribution in [0.25, 0.3) is 0 Å². The molecule has 2 N–H and O–H groups in total. The Morgan fingerprint density at radius 2 is 1.92 bits per heavy atom. The van der Waals surface area contributed by atoms with E-state index in [1.807, 2.05) is 48.7 Å². The van der Waals surface area contributed by atoms with Crippen molar-refractivity contribution in [1.29, 1.82) is 0 Å². The maximum atomic E-state index is 12.4. The van der Waals surface area contributed by atoms with Gasteiger partial charge in [0.2, 0.25) is 11.8 Å². The molecular weight excluding hydrogens is 324 g/mol. The van der Waals surface area contributed by atoms with Gasteiger partial charge in [0.05, 0.1) is 25.6 Å². The number of hydrogen-bond acceptors (Lipinski definition) is 4. The lowest BCUT2D eigenvalue weighted by Crippen LogP contribution is -2.33. The summed E-state index contributed by atoms with van der Waals surface area (Å²) in [6.07, 6.45) is 0.194. The summed E-state index contributed by atoms with van der Waals surface area (Å²) in [4.78, 5) is 24.8. The van der Waals surface area contributed by atoms with Gasteiger partial charge in [-0.05, 0) is 24.4 Å². The molecule has 128 valence electrons. The molecule has 2 amide bonds. The molecule has 0 spiro atoms. The minimum absolute atomic E-state index is 0.124. The number of carbonyl (C=O) groups is 2. The zero-order chi connectivity index (χ0) is 17.5. The zero-order valence-corrected chi connectivity index (χ0v) is 14.9. The van der Waals surface area contributed by atoms with E-state index >= 15 is 0 Å². The summed E-state index contributed by atoms with van der Waals surface area (Å²) in [5.74, 6) is 0.460. The molecule has 2 atom stereocenters. The van der Waals surface area contributed by atoms with Gasteiger partial charge in [-0.15, -0.1) is 11.3 Å². The number of nitrogens with one attached hydrogen (secondary N) is 2. The molecule has 0 saturated carbocycles. The third kappa shape index (κ3) is 4.83. The lowest BCUT2D eigenvalue weighted by molar-refractivity contribution is -0.123. The summed E-state index contributed by atoms with van der Waals surface area (Å²) in [6.45, 7) is 3.37. The SMILES string of the molecule is COc1ccccc1[C@H](C)NC(=O)C[C@H](NC(C)=O)c1cccs1. The Morgan fingerprint density at radius 3 is 2.54 bits per heavy atom. The zero-order valence-electron chi connectivity index (χ0n) is 14.0. The molecule has 0 saturated heterocycles. The van der Waals surface area contributed by atoms with Crippen molar-refractivity contribution in [2.45, 2.75) is 32.4 Å². The molecule has 0 bridgehead atoms. The first-order valence-corrected chi connectivity index (χ1v) is 8.62. The van der Waals surface area contributed by atoms with Crippen LogP contribution in [0.3, 0.4) is 0 Å². The number of benzene rings is 1. The fraction of sp³-hybridized carbons (Fsp3) is 0.333. The Labute approximate surface area is 146 Å². The Hall–Kier alpha value is -2.34. The molecular formula is C18H22N2O3S. The van der Waals surface area contributed by atoms with E-state index in [0.717, 1.165) is 16.2 Å². The third-order valence-corrected chi connectivity index (χ3v) is 4.62. The van der Waals surface area contributed by atoms with Crippen LogP contribution in [0.5, 0.6) is 5.75 Å². The van der Waals surface area contributed by atoms with Gasteiger partial charge in [-0.25, -0.2) is 0 Å². The predicted octanol–water partition coefficient (Wildman–Crippen LogP) is 3.20. The average Bonchev–Trinajstić information content (AvgIpc) is 3.08. The van der Waals surface area contributed by atoms with Crippen LogP contribution in [0.2, 0.25) is 0 Å². The maximum absolute atomic E-state index is 12.4. The summed E-state index contributed by atoms with van der Waals surface area (Å²) in [6, 6.07) is 10.9. The Balaban J connectivity index is 2.03. The number of ether oxygens (including phenoxy) is 1. The lowest BCUT2D eigenvalue weighted by Gasteiger charge is -2.20. The van der Waals surface area contributed by atoms with Gasteiger partial charge in [0.25, 0.3) is 0 Å². The highest BCUT2D eigenvalue weighted by molar-refractivity contribution is 7.10. The second kappa shape index (κ2) is 8.49. The monoisotopic (exact) mass is 346 g/mol. The van der Waals surface area contributed by atoms with Crippen molar-refractivity contribution in [3.05, 3.63) is 52.2 Å². The van der Waals surface area contributed by atoms with E-state index in [1.54, 1.807) is 7.11 Å². The van der Waals surface area contributed by atoms with Crippen LogP contribution in [0.1, 0.15) is 42.8 Å². The minimum atomic E-state index is -0.313. The molecule has 2 aromatic rings. The van der Waals surface area contributed by atoms with E-state index in [2.05, 4.69) is 10.6 Å². The Kier molecular flexibility index (Phi) is 6.37. The smallest absolute Gasteiger partial charge is 0.222 e. The molecule has 24 heavy (non-hydrogen) atoms. The highest BCUT2D eigenvalue weighted by Crippen LogP contribution is 2.26. The molecule has 0 aliphatic carbocycles. The molecule has 2 rings (SSSR count). The van der Waals surface area contributed by atoms with Crippen molar-refractivity contribution in [3.8, 4) is 5.75 Å². The van der Waals surface area contributed by atoms with Crippen molar-refractivity contribution >= 4 is 23.2 Å². The summed E-state index contributed by atoms with van der Waals surface area (Å²) >= 11 is 1.52. The molecule has 0 unspecified atom stereocenters. The number of thiophene rings is 1. The summed E-state index contributed by atoms with van der Waals surface area (Å²) < 4.78 is 5.33. The van der Waals surface area contributed by atoms with E-state index in [-0.39, 0.29) is 30.3 Å². The van der Waals surface area contributed by atoms with Crippen LogP contribution in [0, 0.1) is 0 Å². The average molecular weight is 346 g/mol. The van der Waals surface area contributed by atoms with E-state index in [1.165, 1.54) is 18.3 Å². The summed E-state index contributed by atoms with van der Waals surface area (Å²) in [5, 5.41) is 7.74. The van der Waals surface area contributed by atoms with Gasteiger partial charge >= 0.3 is 0 Å². The molecule has 1 aromatic heterocycles. The number of carbonyl (C=O) groups excluding carboxylic acids is 2. The van der Waals surface area contributed by atoms with Gasteiger partial charge < -0.3 is 15.4 Å². The lowest BCUT2D eigenvalue weighted by atomic mass is 10.1. The van der Waals surface area contributed by atoms with E-state index in [9.17, 15) is 9.59 Å². The topological polar surface area (TPSA) is 67.4 Å². The van der Waals surface area contributed by atoms with Crippen LogP contribution < -0.4 is 15.4 Å². The first-order valence-electron chi connectivity index (χ1n) is 7.74. The molecule has 0 radical (unpaired) electrons. The Morgan fingerprint density at radius 1 is 1.17 bits per heavy atom.